The van der Waals surface area contributed by atoms with Gasteiger partial charge in [0.1, 0.15) is 17.7 Å². The number of benzene rings is 1. The molecule has 6 heteroatoms. The van der Waals surface area contributed by atoms with E-state index < -0.39 is 5.82 Å². The van der Waals surface area contributed by atoms with Crippen LogP contribution in [0.3, 0.4) is 0 Å². The van der Waals surface area contributed by atoms with Crippen molar-refractivity contribution in [2.24, 2.45) is 0 Å². The lowest BCUT2D eigenvalue weighted by molar-refractivity contribution is -0.0632. The number of carbonyl (C=O) groups excluding carboxylic acids is 1. The fraction of sp³-hybridized carbons (Fsp3) is 0.533. The van der Waals surface area contributed by atoms with E-state index in [1.807, 2.05) is 6.92 Å². The number of nitrogens with one attached hydrogen (secondary N) is 1. The Morgan fingerprint density at radius 1 is 1.52 bits per heavy atom. The maximum absolute atomic E-state index is 13.3. The molecule has 21 heavy (non-hydrogen) atoms. The van der Waals surface area contributed by atoms with Crippen molar-refractivity contribution in [2.75, 3.05) is 26.9 Å². The second-order valence-corrected chi connectivity index (χ2v) is 4.78. The minimum Gasteiger partial charge on any atom is -0.496 e. The first-order valence-corrected chi connectivity index (χ1v) is 6.99. The van der Waals surface area contributed by atoms with Gasteiger partial charge in [-0.3, -0.25) is 4.79 Å². The number of amides is 1. The van der Waals surface area contributed by atoms with Crippen molar-refractivity contribution in [1.29, 1.82) is 0 Å². The molecule has 0 unspecified atom stereocenters. The standard InChI is InChI=1S/C15H20FNO4/c1-3-21-14-9-20-7-6-12(14)17-15(18)11-8-10(16)4-5-13(11)19-2/h4-5,8,12,14H,3,6-7,9H2,1-2H3,(H,17,18)/t12-,14-/m1/s1. The summed E-state index contributed by atoms with van der Waals surface area (Å²) >= 11 is 0. The molecule has 1 saturated heterocycles. The third kappa shape index (κ3) is 3.92. The van der Waals surface area contributed by atoms with Gasteiger partial charge in [0.2, 0.25) is 0 Å². The quantitative estimate of drug-likeness (QED) is 0.900. The van der Waals surface area contributed by atoms with Crippen LogP contribution >= 0.6 is 0 Å². The molecule has 0 aliphatic carbocycles. The first-order valence-electron chi connectivity index (χ1n) is 6.99. The van der Waals surface area contributed by atoms with E-state index in [-0.39, 0.29) is 23.6 Å². The molecule has 0 radical (unpaired) electrons. The summed E-state index contributed by atoms with van der Waals surface area (Å²) < 4.78 is 29.4. The van der Waals surface area contributed by atoms with E-state index in [0.29, 0.717) is 32.0 Å². The van der Waals surface area contributed by atoms with Crippen molar-refractivity contribution in [2.45, 2.75) is 25.5 Å². The topological polar surface area (TPSA) is 56.8 Å². The van der Waals surface area contributed by atoms with Gasteiger partial charge in [0.15, 0.2) is 0 Å². The highest BCUT2D eigenvalue weighted by atomic mass is 19.1. The Morgan fingerprint density at radius 2 is 2.33 bits per heavy atom. The average Bonchev–Trinajstić information content (AvgIpc) is 2.49. The largest absolute Gasteiger partial charge is 0.496 e. The summed E-state index contributed by atoms with van der Waals surface area (Å²) in [4.78, 5) is 12.3. The summed E-state index contributed by atoms with van der Waals surface area (Å²) in [7, 11) is 1.45. The Balaban J connectivity index is 2.11. The van der Waals surface area contributed by atoms with Crippen LogP contribution in [0.5, 0.6) is 5.75 Å². The number of methoxy groups -OCH3 is 1. The maximum Gasteiger partial charge on any atom is 0.255 e. The van der Waals surface area contributed by atoms with Crippen LogP contribution in [0.2, 0.25) is 0 Å². The first kappa shape index (κ1) is 15.7. The molecule has 116 valence electrons. The Hall–Kier alpha value is -1.66. The van der Waals surface area contributed by atoms with Gasteiger partial charge in [0.25, 0.3) is 5.91 Å². The molecule has 0 bridgehead atoms. The lowest BCUT2D eigenvalue weighted by Crippen LogP contribution is -2.50. The van der Waals surface area contributed by atoms with Crippen LogP contribution in [0.15, 0.2) is 18.2 Å². The van der Waals surface area contributed by atoms with Crippen molar-refractivity contribution in [3.05, 3.63) is 29.6 Å². The van der Waals surface area contributed by atoms with Crippen LogP contribution in [-0.2, 0) is 9.47 Å². The lowest BCUT2D eigenvalue weighted by Gasteiger charge is -2.31. The summed E-state index contributed by atoms with van der Waals surface area (Å²) in [6.07, 6.45) is 0.473. The molecule has 1 N–H and O–H groups in total. The van der Waals surface area contributed by atoms with Gasteiger partial charge in [-0.05, 0) is 31.5 Å². The molecular weight excluding hydrogens is 277 g/mol. The molecule has 2 rings (SSSR count). The van der Waals surface area contributed by atoms with Gasteiger partial charge in [0, 0.05) is 13.2 Å². The predicted octanol–water partition coefficient (Wildman–Crippen LogP) is 1.76. The van der Waals surface area contributed by atoms with Crippen molar-refractivity contribution in [3.8, 4) is 5.75 Å². The predicted molar refractivity (Wildman–Crippen MR) is 75.1 cm³/mol. The molecule has 1 aromatic rings. The summed E-state index contributed by atoms with van der Waals surface area (Å²) in [6.45, 7) is 3.45. The zero-order valence-electron chi connectivity index (χ0n) is 12.2. The van der Waals surface area contributed by atoms with Gasteiger partial charge in [-0.15, -0.1) is 0 Å². The Morgan fingerprint density at radius 3 is 3.05 bits per heavy atom. The summed E-state index contributed by atoms with van der Waals surface area (Å²) in [5.41, 5.74) is 0.180. The highest BCUT2D eigenvalue weighted by molar-refractivity contribution is 5.97. The molecule has 5 nitrogen and oxygen atoms in total. The van der Waals surface area contributed by atoms with E-state index in [0.717, 1.165) is 0 Å². The van der Waals surface area contributed by atoms with Crippen LogP contribution in [0, 0.1) is 5.82 Å². The molecule has 0 aromatic heterocycles. The second kappa shape index (κ2) is 7.38. The van der Waals surface area contributed by atoms with Crippen molar-refractivity contribution >= 4 is 5.91 Å². The molecule has 1 aromatic carbocycles. The molecule has 1 aliphatic heterocycles. The second-order valence-electron chi connectivity index (χ2n) is 4.78. The third-order valence-corrected chi connectivity index (χ3v) is 3.41. The van der Waals surface area contributed by atoms with Crippen LogP contribution in [0.4, 0.5) is 4.39 Å². The van der Waals surface area contributed by atoms with E-state index in [9.17, 15) is 9.18 Å². The van der Waals surface area contributed by atoms with E-state index in [4.69, 9.17) is 14.2 Å². The zero-order valence-corrected chi connectivity index (χ0v) is 12.2. The van der Waals surface area contributed by atoms with Gasteiger partial charge in [-0.25, -0.2) is 4.39 Å². The van der Waals surface area contributed by atoms with E-state index in [1.54, 1.807) is 0 Å². The smallest absolute Gasteiger partial charge is 0.255 e. The lowest BCUT2D eigenvalue weighted by atomic mass is 10.0. The summed E-state index contributed by atoms with van der Waals surface area (Å²) in [5.74, 6) is -0.508. The minimum absolute atomic E-state index is 0.154. The fourth-order valence-corrected chi connectivity index (χ4v) is 2.36. The van der Waals surface area contributed by atoms with Crippen LogP contribution in [0.1, 0.15) is 23.7 Å². The summed E-state index contributed by atoms with van der Waals surface area (Å²) in [5, 5.41) is 2.88. The molecule has 2 atom stereocenters. The number of hydrogen-bond donors (Lipinski definition) is 1. The average molecular weight is 297 g/mol. The SMILES string of the molecule is CCO[C@@H]1COCC[C@H]1NC(=O)c1cc(F)ccc1OC. The molecular formula is C15H20FNO4. The Bertz CT molecular complexity index is 493. The van der Waals surface area contributed by atoms with Crippen LogP contribution < -0.4 is 10.1 Å². The van der Waals surface area contributed by atoms with Crippen molar-refractivity contribution in [1.82, 2.24) is 5.32 Å². The maximum atomic E-state index is 13.3. The number of carbonyl (C=O) groups is 1. The monoisotopic (exact) mass is 297 g/mol. The normalized spacial score (nSPS) is 21.9. The molecule has 1 amide bonds. The van der Waals surface area contributed by atoms with Crippen molar-refractivity contribution < 1.29 is 23.4 Å². The van der Waals surface area contributed by atoms with Crippen molar-refractivity contribution in [3.63, 3.8) is 0 Å². The third-order valence-electron chi connectivity index (χ3n) is 3.41. The number of ether oxygens (including phenoxy) is 3. The zero-order chi connectivity index (χ0) is 15.2. The van der Waals surface area contributed by atoms with Crippen LogP contribution in [-0.4, -0.2) is 45.0 Å². The Labute approximate surface area is 123 Å². The Kier molecular flexibility index (Phi) is 5.52. The minimum atomic E-state index is -0.478. The number of hydrogen-bond acceptors (Lipinski definition) is 4. The molecule has 1 fully saturated rings. The van der Waals surface area contributed by atoms with Gasteiger partial charge in [-0.2, -0.15) is 0 Å². The molecule has 0 spiro atoms. The highest BCUT2D eigenvalue weighted by Crippen LogP contribution is 2.20. The molecule has 0 saturated carbocycles. The number of halogens is 1. The fourth-order valence-electron chi connectivity index (χ4n) is 2.36. The van der Waals surface area contributed by atoms with E-state index in [2.05, 4.69) is 5.32 Å². The van der Waals surface area contributed by atoms with Gasteiger partial charge in [-0.1, -0.05) is 0 Å². The summed E-state index contributed by atoms with van der Waals surface area (Å²) in [6, 6.07) is 3.71. The van der Waals surface area contributed by atoms with E-state index >= 15 is 0 Å². The van der Waals surface area contributed by atoms with E-state index in [1.165, 1.54) is 25.3 Å². The molecule has 1 aliphatic rings. The van der Waals surface area contributed by atoms with Gasteiger partial charge < -0.3 is 19.5 Å². The highest BCUT2D eigenvalue weighted by Gasteiger charge is 2.28. The van der Waals surface area contributed by atoms with Gasteiger partial charge >= 0.3 is 0 Å². The number of rotatable bonds is 5. The van der Waals surface area contributed by atoms with Gasteiger partial charge in [0.05, 0.1) is 25.3 Å². The first-order chi connectivity index (χ1) is 10.2. The van der Waals surface area contributed by atoms with Crippen LogP contribution in [0.25, 0.3) is 0 Å². The molecule has 1 heterocycles.